The van der Waals surface area contributed by atoms with Gasteiger partial charge in [0.2, 0.25) is 0 Å². The van der Waals surface area contributed by atoms with E-state index < -0.39 is 5.41 Å². The molecule has 4 aliphatic carbocycles. The molecule has 0 saturated heterocycles. The van der Waals surface area contributed by atoms with Crippen molar-refractivity contribution in [3.05, 3.63) is 245 Å². The van der Waals surface area contributed by atoms with Crippen molar-refractivity contribution < 1.29 is 0 Å². The van der Waals surface area contributed by atoms with Crippen molar-refractivity contribution in [2.24, 2.45) is 0 Å². The fourth-order valence-corrected chi connectivity index (χ4v) is 12.4. The van der Waals surface area contributed by atoms with Gasteiger partial charge in [0, 0.05) is 27.8 Å². The molecule has 0 N–H and O–H groups in total. The summed E-state index contributed by atoms with van der Waals surface area (Å²) in [7, 11) is 0. The Hall–Kier alpha value is -7.22. The largest absolute Gasteiger partial charge is 0.310 e. The van der Waals surface area contributed by atoms with Crippen LogP contribution in [-0.2, 0) is 16.2 Å². The number of rotatable bonds is 3. The van der Waals surface area contributed by atoms with Crippen LogP contribution in [0.1, 0.15) is 72.2 Å². The summed E-state index contributed by atoms with van der Waals surface area (Å²) >= 11 is 0. The summed E-state index contributed by atoms with van der Waals surface area (Å²) in [5, 5.41) is 0. The van der Waals surface area contributed by atoms with Gasteiger partial charge in [0.1, 0.15) is 0 Å². The molecule has 1 heteroatoms. The SMILES string of the molecule is CC1(C)c2ccccc2-c2ccc(N(c3ccc4c(c3)-c3ccccc3C43c4ccccc4-c4ccccc4-c4ccccc43)c3cccc4c3-c3ccccc3C4(C)C)cc21. The van der Waals surface area contributed by atoms with Crippen LogP contribution in [0.3, 0.4) is 0 Å². The highest BCUT2D eigenvalue weighted by Gasteiger charge is 2.50. The van der Waals surface area contributed by atoms with Gasteiger partial charge >= 0.3 is 0 Å². The second-order valence-corrected chi connectivity index (χ2v) is 18.8. The Balaban J connectivity index is 1.10. The number of nitrogens with zero attached hydrogens (tertiary/aromatic N) is 1. The second kappa shape index (κ2) is 12.4. The lowest BCUT2D eigenvalue weighted by Gasteiger charge is -2.35. The Bertz CT molecular complexity index is 3310. The van der Waals surface area contributed by atoms with Gasteiger partial charge < -0.3 is 4.90 Å². The Morgan fingerprint density at radius 2 is 0.661 bits per heavy atom. The maximum Gasteiger partial charge on any atom is 0.0725 e. The number of hydrogen-bond donors (Lipinski definition) is 0. The van der Waals surface area contributed by atoms with Crippen LogP contribution in [0.5, 0.6) is 0 Å². The Kier molecular flexibility index (Phi) is 7.12. The lowest BCUT2D eigenvalue weighted by atomic mass is 9.66. The molecule has 1 nitrogen and oxygen atoms in total. The second-order valence-electron chi connectivity index (χ2n) is 18.8. The van der Waals surface area contributed by atoms with Crippen LogP contribution in [0.15, 0.2) is 200 Å². The standard InChI is InChI=1S/C61H45N/c1-59(2)50-26-13-11-24-47(50)58-55(59)30-17-31-57(58)62(39-32-34-46-44-22-7-12-25-49(44)60(3,4)56(46)37-39)38-33-35-54-48(36-38)45-23-10-16-29-53(45)61(54)51-27-14-8-20-42(51)40-18-5-6-19-41(40)43-21-9-15-28-52(43)61/h5-37H,1-4H3. The first kappa shape index (κ1) is 35.5. The quantitative estimate of drug-likeness (QED) is 0.172. The van der Waals surface area contributed by atoms with E-state index in [2.05, 4.69) is 233 Å². The van der Waals surface area contributed by atoms with Gasteiger partial charge in [-0.05, 0) is 125 Å². The van der Waals surface area contributed by atoms with Crippen molar-refractivity contribution in [2.45, 2.75) is 43.9 Å². The average Bonchev–Trinajstić information content (AvgIpc) is 3.80. The minimum Gasteiger partial charge on any atom is -0.310 e. The molecule has 4 aliphatic rings. The van der Waals surface area contributed by atoms with Crippen molar-refractivity contribution >= 4 is 17.1 Å². The molecule has 62 heavy (non-hydrogen) atoms. The monoisotopic (exact) mass is 791 g/mol. The highest BCUT2D eigenvalue weighted by Crippen LogP contribution is 2.63. The molecule has 0 amide bonds. The number of anilines is 3. The first-order chi connectivity index (χ1) is 30.3. The Morgan fingerprint density at radius 3 is 1.26 bits per heavy atom. The van der Waals surface area contributed by atoms with Crippen molar-refractivity contribution in [1.29, 1.82) is 0 Å². The van der Waals surface area contributed by atoms with Crippen LogP contribution in [0.4, 0.5) is 17.1 Å². The average molecular weight is 792 g/mol. The van der Waals surface area contributed by atoms with Crippen LogP contribution in [0.25, 0.3) is 55.6 Å². The van der Waals surface area contributed by atoms with Crippen molar-refractivity contribution in [3.8, 4) is 55.6 Å². The number of hydrogen-bond acceptors (Lipinski definition) is 1. The third-order valence-corrected chi connectivity index (χ3v) is 15.1. The van der Waals surface area contributed by atoms with Gasteiger partial charge in [-0.2, -0.15) is 0 Å². The number of benzene rings is 9. The minimum atomic E-state index is -0.526. The third kappa shape index (κ3) is 4.43. The normalized spacial score (nSPS) is 15.5. The van der Waals surface area contributed by atoms with E-state index in [1.54, 1.807) is 0 Å². The molecule has 0 bridgehead atoms. The molecular weight excluding hydrogens is 747 g/mol. The van der Waals surface area contributed by atoms with Crippen molar-refractivity contribution in [2.75, 3.05) is 4.90 Å². The van der Waals surface area contributed by atoms with Gasteiger partial charge in [0.15, 0.2) is 0 Å². The Labute approximate surface area is 364 Å². The minimum absolute atomic E-state index is 0.129. The molecule has 0 aliphatic heterocycles. The zero-order chi connectivity index (χ0) is 41.5. The first-order valence-corrected chi connectivity index (χ1v) is 22.1. The van der Waals surface area contributed by atoms with E-state index in [4.69, 9.17) is 0 Å². The predicted octanol–water partition coefficient (Wildman–Crippen LogP) is 15.8. The van der Waals surface area contributed by atoms with Gasteiger partial charge in [0.05, 0.1) is 11.1 Å². The summed E-state index contributed by atoms with van der Waals surface area (Å²) < 4.78 is 0. The highest BCUT2D eigenvalue weighted by molar-refractivity contribution is 6.00. The molecule has 1 spiro atoms. The summed E-state index contributed by atoms with van der Waals surface area (Å²) in [6, 6.07) is 76.1. The molecule has 9 aromatic rings. The molecule has 0 saturated carbocycles. The van der Waals surface area contributed by atoms with Crippen LogP contribution in [-0.4, -0.2) is 0 Å². The van der Waals surface area contributed by atoms with E-state index in [9.17, 15) is 0 Å². The van der Waals surface area contributed by atoms with E-state index in [-0.39, 0.29) is 10.8 Å². The molecule has 9 aromatic carbocycles. The lowest BCUT2D eigenvalue weighted by Crippen LogP contribution is -2.29. The van der Waals surface area contributed by atoms with Gasteiger partial charge in [0.25, 0.3) is 0 Å². The maximum atomic E-state index is 2.56. The smallest absolute Gasteiger partial charge is 0.0725 e. The highest BCUT2D eigenvalue weighted by atomic mass is 15.1. The zero-order valence-corrected chi connectivity index (χ0v) is 35.5. The van der Waals surface area contributed by atoms with E-state index >= 15 is 0 Å². The summed E-state index contributed by atoms with van der Waals surface area (Å²) in [4.78, 5) is 2.56. The molecule has 0 aromatic heterocycles. The summed E-state index contributed by atoms with van der Waals surface area (Å²) in [6.45, 7) is 9.54. The maximum absolute atomic E-state index is 2.56. The van der Waals surface area contributed by atoms with Crippen molar-refractivity contribution in [3.63, 3.8) is 0 Å². The van der Waals surface area contributed by atoms with Gasteiger partial charge in [-0.25, -0.2) is 0 Å². The predicted molar refractivity (Wildman–Crippen MR) is 258 cm³/mol. The fourth-order valence-electron chi connectivity index (χ4n) is 12.4. The van der Waals surface area contributed by atoms with Gasteiger partial charge in [-0.1, -0.05) is 198 Å². The molecule has 0 radical (unpaired) electrons. The zero-order valence-electron chi connectivity index (χ0n) is 35.5. The van der Waals surface area contributed by atoms with Crippen LogP contribution in [0, 0.1) is 0 Å². The molecule has 0 unspecified atom stereocenters. The molecule has 13 rings (SSSR count). The molecule has 294 valence electrons. The number of fused-ring (bicyclic) bond motifs is 18. The van der Waals surface area contributed by atoms with Crippen LogP contribution in [0.2, 0.25) is 0 Å². The summed E-state index contributed by atoms with van der Waals surface area (Å²) in [5.41, 5.74) is 26.6. The summed E-state index contributed by atoms with van der Waals surface area (Å²) in [5.74, 6) is 0. The van der Waals surface area contributed by atoms with E-state index in [0.29, 0.717) is 0 Å². The van der Waals surface area contributed by atoms with E-state index in [1.807, 2.05) is 0 Å². The molecule has 0 fully saturated rings. The van der Waals surface area contributed by atoms with Gasteiger partial charge in [-0.15, -0.1) is 0 Å². The van der Waals surface area contributed by atoms with Crippen LogP contribution >= 0.6 is 0 Å². The third-order valence-electron chi connectivity index (χ3n) is 15.1. The topological polar surface area (TPSA) is 3.24 Å². The van der Waals surface area contributed by atoms with E-state index in [1.165, 1.54) is 112 Å². The van der Waals surface area contributed by atoms with Crippen molar-refractivity contribution in [1.82, 2.24) is 0 Å². The molecule has 0 heterocycles. The summed E-state index contributed by atoms with van der Waals surface area (Å²) in [6.07, 6.45) is 0. The van der Waals surface area contributed by atoms with Crippen LogP contribution < -0.4 is 4.90 Å². The van der Waals surface area contributed by atoms with Gasteiger partial charge in [-0.3, -0.25) is 0 Å². The lowest BCUT2D eigenvalue weighted by molar-refractivity contribution is 0.660. The fraction of sp³-hybridized carbons (Fsp3) is 0.115. The van der Waals surface area contributed by atoms with E-state index in [0.717, 1.165) is 5.69 Å². The molecule has 0 atom stereocenters. The first-order valence-electron chi connectivity index (χ1n) is 22.1. The molecular formula is C61H45N. The Morgan fingerprint density at radius 1 is 0.274 bits per heavy atom.